The lowest BCUT2D eigenvalue weighted by molar-refractivity contribution is -0.140. The molecule has 3 heterocycles. The summed E-state index contributed by atoms with van der Waals surface area (Å²) in [7, 11) is 3.02. The van der Waals surface area contributed by atoms with Crippen LogP contribution in [0.25, 0.3) is 22.0 Å². The molecule has 1 aliphatic heterocycles. The maximum Gasteiger partial charge on any atom is 0.435 e. The average molecular weight is 466 g/mol. The molecule has 0 saturated heterocycles. The lowest BCUT2D eigenvalue weighted by atomic mass is 9.90. The summed E-state index contributed by atoms with van der Waals surface area (Å²) >= 11 is 0. The number of aryl methyl sites for hydroxylation is 2. The molecule has 0 radical (unpaired) electrons. The first-order valence-corrected chi connectivity index (χ1v) is 10.7. The summed E-state index contributed by atoms with van der Waals surface area (Å²) in [4.78, 5) is 19.8. The first-order valence-electron chi connectivity index (χ1n) is 10.7. The Kier molecular flexibility index (Phi) is 5.07. The minimum Gasteiger partial charge on any atom is -0.495 e. The molecule has 0 saturated carbocycles. The van der Waals surface area contributed by atoms with Crippen molar-refractivity contribution >= 4 is 22.5 Å². The van der Waals surface area contributed by atoms with Gasteiger partial charge in [0.15, 0.2) is 5.69 Å². The smallest absolute Gasteiger partial charge is 0.435 e. The number of fused-ring (bicyclic) bond motifs is 2. The van der Waals surface area contributed by atoms with Gasteiger partial charge < -0.3 is 9.64 Å². The van der Waals surface area contributed by atoms with Crippen molar-refractivity contribution in [2.45, 2.75) is 19.5 Å². The second kappa shape index (κ2) is 7.86. The summed E-state index contributed by atoms with van der Waals surface area (Å²) in [6.07, 6.45) is -2.85. The number of pyridine rings is 1. The number of carbonyl (C=O) groups excluding carboxylic acids is 1. The highest BCUT2D eigenvalue weighted by Crippen LogP contribution is 2.40. The molecule has 34 heavy (non-hydrogen) atoms. The molecule has 0 aliphatic carbocycles. The van der Waals surface area contributed by atoms with E-state index >= 15 is 0 Å². The Morgan fingerprint density at radius 2 is 1.79 bits per heavy atom. The van der Waals surface area contributed by atoms with Crippen LogP contribution >= 0.6 is 0 Å². The maximum absolute atomic E-state index is 13.6. The summed E-state index contributed by atoms with van der Waals surface area (Å²) in [6.45, 7) is 2.17. The molecule has 1 amide bonds. The van der Waals surface area contributed by atoms with Crippen LogP contribution in [0.15, 0.2) is 48.7 Å². The number of halogens is 3. The predicted molar refractivity (Wildman–Crippen MR) is 122 cm³/mol. The molecule has 0 unspecified atom stereocenters. The molecular formula is C25H21F3N4O2. The molecule has 1 aliphatic rings. The van der Waals surface area contributed by atoms with E-state index in [0.717, 1.165) is 21.3 Å². The van der Waals surface area contributed by atoms with E-state index in [-0.39, 0.29) is 11.5 Å². The van der Waals surface area contributed by atoms with Gasteiger partial charge in [-0.05, 0) is 48.7 Å². The summed E-state index contributed by atoms with van der Waals surface area (Å²) in [6, 6.07) is 12.3. The van der Waals surface area contributed by atoms with E-state index in [1.165, 1.54) is 13.2 Å². The molecule has 0 atom stereocenters. The van der Waals surface area contributed by atoms with E-state index in [9.17, 15) is 18.0 Å². The van der Waals surface area contributed by atoms with Gasteiger partial charge in [-0.3, -0.25) is 9.48 Å². The van der Waals surface area contributed by atoms with Crippen molar-refractivity contribution in [3.05, 3.63) is 71.2 Å². The zero-order chi connectivity index (χ0) is 24.2. The van der Waals surface area contributed by atoms with E-state index in [1.807, 2.05) is 31.2 Å². The zero-order valence-corrected chi connectivity index (χ0v) is 18.8. The van der Waals surface area contributed by atoms with Gasteiger partial charge in [0.2, 0.25) is 0 Å². The van der Waals surface area contributed by atoms with Crippen LogP contribution in [-0.2, 0) is 19.6 Å². The molecule has 5 rings (SSSR count). The molecule has 0 spiro atoms. The van der Waals surface area contributed by atoms with E-state index in [1.54, 1.807) is 30.2 Å². The standard InChI is InChI=1S/C25H21F3N4O2/c1-14-22(34-3)12-18-20(29-14)8-5-9-21(18)32-11-10-16-15(6-4-7-17(16)24(32)33)19-13-31(2)30-23(19)25(26,27)28/h4-9,12-13H,10-11H2,1-3H3. The van der Waals surface area contributed by atoms with Crippen LogP contribution in [0.3, 0.4) is 0 Å². The van der Waals surface area contributed by atoms with E-state index in [4.69, 9.17) is 4.74 Å². The van der Waals surface area contributed by atoms with Crippen molar-refractivity contribution in [1.29, 1.82) is 0 Å². The van der Waals surface area contributed by atoms with Crippen LogP contribution in [-0.4, -0.2) is 34.3 Å². The molecule has 2 aromatic carbocycles. The summed E-state index contributed by atoms with van der Waals surface area (Å²) < 4.78 is 47.4. The number of rotatable bonds is 3. The molecule has 9 heteroatoms. The second-order valence-corrected chi connectivity index (χ2v) is 8.22. The van der Waals surface area contributed by atoms with Crippen molar-refractivity contribution in [3.63, 3.8) is 0 Å². The maximum atomic E-state index is 13.6. The Morgan fingerprint density at radius 3 is 2.53 bits per heavy atom. The fraction of sp³-hybridized carbons (Fsp3) is 0.240. The van der Waals surface area contributed by atoms with Gasteiger partial charge in [0.1, 0.15) is 5.75 Å². The lowest BCUT2D eigenvalue weighted by Crippen LogP contribution is -2.38. The van der Waals surface area contributed by atoms with Crippen molar-refractivity contribution in [2.24, 2.45) is 7.05 Å². The van der Waals surface area contributed by atoms with Gasteiger partial charge in [0.05, 0.1) is 24.0 Å². The molecule has 2 aromatic heterocycles. The van der Waals surface area contributed by atoms with E-state index < -0.39 is 11.9 Å². The Morgan fingerprint density at radius 1 is 1.06 bits per heavy atom. The van der Waals surface area contributed by atoms with Gasteiger partial charge in [0.25, 0.3) is 5.91 Å². The van der Waals surface area contributed by atoms with Gasteiger partial charge in [0, 0.05) is 36.3 Å². The van der Waals surface area contributed by atoms with Gasteiger partial charge in [-0.1, -0.05) is 18.2 Å². The number of ether oxygens (including phenoxy) is 1. The number of nitrogens with zero attached hydrogens (tertiary/aromatic N) is 4. The largest absolute Gasteiger partial charge is 0.495 e. The van der Waals surface area contributed by atoms with Gasteiger partial charge in [-0.25, -0.2) is 4.98 Å². The third-order valence-electron chi connectivity index (χ3n) is 6.12. The topological polar surface area (TPSA) is 60.2 Å². The number of carbonyl (C=O) groups is 1. The zero-order valence-electron chi connectivity index (χ0n) is 18.8. The molecule has 0 N–H and O–H groups in total. The number of aromatic nitrogens is 3. The SMILES string of the molecule is COc1cc2c(N3CCc4c(cccc4-c4cn(C)nc4C(F)(F)F)C3=O)cccc2nc1C. The van der Waals surface area contributed by atoms with Gasteiger partial charge in [-0.2, -0.15) is 18.3 Å². The van der Waals surface area contributed by atoms with Gasteiger partial charge in [-0.15, -0.1) is 0 Å². The number of benzene rings is 2. The first-order chi connectivity index (χ1) is 16.2. The molecule has 6 nitrogen and oxygen atoms in total. The van der Waals surface area contributed by atoms with Crippen LogP contribution in [0.2, 0.25) is 0 Å². The van der Waals surface area contributed by atoms with E-state index in [0.29, 0.717) is 41.1 Å². The Bertz CT molecular complexity index is 1440. The fourth-order valence-corrected chi connectivity index (χ4v) is 4.60. The third-order valence-corrected chi connectivity index (χ3v) is 6.12. The number of anilines is 1. The highest BCUT2D eigenvalue weighted by molar-refractivity contribution is 6.13. The average Bonchev–Trinajstić information content (AvgIpc) is 3.20. The Labute approximate surface area is 193 Å². The Balaban J connectivity index is 1.62. The minimum atomic E-state index is -4.60. The van der Waals surface area contributed by atoms with Crippen molar-refractivity contribution in [1.82, 2.24) is 14.8 Å². The lowest BCUT2D eigenvalue weighted by Gasteiger charge is -2.31. The monoisotopic (exact) mass is 466 g/mol. The van der Waals surface area contributed by atoms with Crippen molar-refractivity contribution in [2.75, 3.05) is 18.6 Å². The molecule has 4 aromatic rings. The number of hydrogen-bond donors (Lipinski definition) is 0. The molecule has 0 bridgehead atoms. The van der Waals surface area contributed by atoms with Crippen molar-refractivity contribution < 1.29 is 22.7 Å². The highest BCUT2D eigenvalue weighted by atomic mass is 19.4. The van der Waals surface area contributed by atoms with Crippen LogP contribution in [0.5, 0.6) is 5.75 Å². The number of amides is 1. The Hall–Kier alpha value is -3.88. The number of methoxy groups -OCH3 is 1. The molecule has 174 valence electrons. The second-order valence-electron chi connectivity index (χ2n) is 8.22. The van der Waals surface area contributed by atoms with Crippen LogP contribution in [0, 0.1) is 6.92 Å². The summed E-state index contributed by atoms with van der Waals surface area (Å²) in [5.41, 5.74) is 2.52. The minimum absolute atomic E-state index is 0.0253. The fourth-order valence-electron chi connectivity index (χ4n) is 4.60. The van der Waals surface area contributed by atoms with E-state index in [2.05, 4.69) is 10.1 Å². The number of alkyl halides is 3. The molecular weight excluding hydrogens is 445 g/mol. The van der Waals surface area contributed by atoms with Crippen LogP contribution in [0.1, 0.15) is 27.3 Å². The predicted octanol–water partition coefficient (Wildman–Crippen LogP) is 5.17. The third kappa shape index (κ3) is 3.48. The normalized spacial score (nSPS) is 13.9. The number of hydrogen-bond acceptors (Lipinski definition) is 4. The van der Waals surface area contributed by atoms with Crippen LogP contribution < -0.4 is 9.64 Å². The summed E-state index contributed by atoms with van der Waals surface area (Å²) in [5.74, 6) is 0.343. The summed E-state index contributed by atoms with van der Waals surface area (Å²) in [5, 5.41) is 4.39. The highest BCUT2D eigenvalue weighted by Gasteiger charge is 2.38. The first kappa shape index (κ1) is 21.9. The quantitative estimate of drug-likeness (QED) is 0.418. The van der Waals surface area contributed by atoms with Crippen LogP contribution in [0.4, 0.5) is 18.9 Å². The molecule has 0 fully saturated rings. The van der Waals surface area contributed by atoms with Crippen molar-refractivity contribution in [3.8, 4) is 16.9 Å². The van der Waals surface area contributed by atoms with Gasteiger partial charge >= 0.3 is 6.18 Å².